The molecule has 0 radical (unpaired) electrons. The number of benzene rings is 1. The third kappa shape index (κ3) is 4.91. The molecular formula is C20H30ClN3O2Si. The molecule has 148 valence electrons. The van der Waals surface area contributed by atoms with Gasteiger partial charge in [-0.25, -0.2) is 0 Å². The van der Waals surface area contributed by atoms with Gasteiger partial charge in [-0.1, -0.05) is 38.4 Å². The fraction of sp³-hybridized carbons (Fsp3) is 0.600. The Morgan fingerprint density at radius 2 is 2.11 bits per heavy atom. The number of aliphatic hydroxyl groups excluding tert-OH is 1. The Balaban J connectivity index is 2.14. The summed E-state index contributed by atoms with van der Waals surface area (Å²) < 4.78 is 6.51. The van der Waals surface area contributed by atoms with Crippen LogP contribution in [0.15, 0.2) is 17.2 Å². The summed E-state index contributed by atoms with van der Waals surface area (Å²) in [5.74, 6) is 0. The van der Waals surface area contributed by atoms with Crippen molar-refractivity contribution in [2.24, 2.45) is 5.10 Å². The van der Waals surface area contributed by atoms with Crippen LogP contribution in [0.4, 0.5) is 0 Å². The maximum atomic E-state index is 9.76. The molecule has 1 aromatic rings. The lowest BCUT2D eigenvalue weighted by Crippen LogP contribution is -2.44. The molecule has 1 N–H and O–H groups in total. The second-order valence-electron chi connectivity index (χ2n) is 8.69. The standard InChI is InChI=1S/C20H30ClN3O2Si/c1-14-16(8-7-15(10-22)19(14)21)11-23-24-12-18(9-17(24)13-25)26-27(5,6)20(2,3)4/h7-8,11,17-18,25H,9,12-13H2,1-6H3/t17-,18+/m0/s1. The molecule has 27 heavy (non-hydrogen) atoms. The van der Waals surface area contributed by atoms with Crippen molar-refractivity contribution in [3.05, 3.63) is 33.8 Å². The highest BCUT2D eigenvalue weighted by atomic mass is 35.5. The van der Waals surface area contributed by atoms with Gasteiger partial charge in [0.05, 0.1) is 42.1 Å². The zero-order valence-electron chi connectivity index (χ0n) is 17.1. The molecule has 0 aliphatic carbocycles. The van der Waals surface area contributed by atoms with Crippen LogP contribution < -0.4 is 0 Å². The van der Waals surface area contributed by atoms with Crippen LogP contribution in [0.1, 0.15) is 43.9 Å². The number of rotatable bonds is 5. The molecule has 0 saturated carbocycles. The summed E-state index contributed by atoms with van der Waals surface area (Å²) >= 11 is 6.24. The molecule has 1 aliphatic rings. The van der Waals surface area contributed by atoms with Gasteiger partial charge in [0, 0.05) is 0 Å². The summed E-state index contributed by atoms with van der Waals surface area (Å²) in [6, 6.07) is 5.58. The molecule has 1 aliphatic heterocycles. The van der Waals surface area contributed by atoms with Crippen molar-refractivity contribution in [2.45, 2.75) is 64.4 Å². The number of hydrogen-bond donors (Lipinski definition) is 1. The molecule has 1 aromatic carbocycles. The van der Waals surface area contributed by atoms with Crippen molar-refractivity contribution in [3.63, 3.8) is 0 Å². The predicted octanol–water partition coefficient (Wildman–Crippen LogP) is 4.31. The highest BCUT2D eigenvalue weighted by Crippen LogP contribution is 2.38. The summed E-state index contributed by atoms with van der Waals surface area (Å²) in [4.78, 5) is 0. The van der Waals surface area contributed by atoms with Gasteiger partial charge in [0.2, 0.25) is 0 Å². The molecule has 2 atom stereocenters. The second kappa shape index (κ2) is 8.32. The quantitative estimate of drug-likeness (QED) is 0.583. The third-order valence-electron chi connectivity index (χ3n) is 5.72. The summed E-state index contributed by atoms with van der Waals surface area (Å²) in [5, 5.41) is 25.9. The zero-order chi connectivity index (χ0) is 20.4. The molecule has 1 heterocycles. The van der Waals surface area contributed by atoms with Gasteiger partial charge in [-0.15, -0.1) is 0 Å². The van der Waals surface area contributed by atoms with E-state index in [1.165, 1.54) is 0 Å². The summed E-state index contributed by atoms with van der Waals surface area (Å²) in [6.45, 7) is 13.8. The highest BCUT2D eigenvalue weighted by molar-refractivity contribution is 6.74. The molecule has 0 bridgehead atoms. The lowest BCUT2D eigenvalue weighted by atomic mass is 10.1. The maximum Gasteiger partial charge on any atom is 0.192 e. The van der Waals surface area contributed by atoms with Crippen molar-refractivity contribution in [1.29, 1.82) is 5.26 Å². The van der Waals surface area contributed by atoms with Crippen molar-refractivity contribution < 1.29 is 9.53 Å². The van der Waals surface area contributed by atoms with E-state index < -0.39 is 8.32 Å². The first-order valence-electron chi connectivity index (χ1n) is 9.28. The van der Waals surface area contributed by atoms with Crippen LogP contribution in [-0.4, -0.2) is 49.9 Å². The van der Waals surface area contributed by atoms with E-state index in [1.807, 2.05) is 18.0 Å². The average molecular weight is 408 g/mol. The molecule has 1 fully saturated rings. The number of halogens is 1. The molecule has 0 spiro atoms. The number of aliphatic hydroxyl groups is 1. The first-order chi connectivity index (χ1) is 12.5. The summed E-state index contributed by atoms with van der Waals surface area (Å²) in [6.07, 6.45) is 2.60. The summed E-state index contributed by atoms with van der Waals surface area (Å²) in [7, 11) is -1.86. The third-order valence-corrected chi connectivity index (χ3v) is 10.7. The zero-order valence-corrected chi connectivity index (χ0v) is 18.8. The van der Waals surface area contributed by atoms with Gasteiger partial charge in [0.1, 0.15) is 6.07 Å². The highest BCUT2D eigenvalue weighted by Gasteiger charge is 2.42. The normalized spacial score (nSPS) is 21.1. The van der Waals surface area contributed by atoms with Crippen LogP contribution in [0.5, 0.6) is 0 Å². The first-order valence-corrected chi connectivity index (χ1v) is 12.6. The van der Waals surface area contributed by atoms with Gasteiger partial charge in [-0.2, -0.15) is 10.4 Å². The van der Waals surface area contributed by atoms with Crippen molar-refractivity contribution in [3.8, 4) is 6.07 Å². The van der Waals surface area contributed by atoms with E-state index in [0.717, 1.165) is 17.5 Å². The molecule has 0 unspecified atom stereocenters. The smallest absolute Gasteiger partial charge is 0.192 e. The van der Waals surface area contributed by atoms with Crippen LogP contribution in [0, 0.1) is 18.3 Å². The Morgan fingerprint density at radius 3 is 2.67 bits per heavy atom. The first kappa shape index (κ1) is 21.9. The Hall–Kier alpha value is -1.39. The molecule has 0 aromatic heterocycles. The number of nitrogens with zero attached hydrogens (tertiary/aromatic N) is 3. The van der Waals surface area contributed by atoms with Crippen molar-refractivity contribution in [2.75, 3.05) is 13.2 Å². The molecular weight excluding hydrogens is 378 g/mol. The van der Waals surface area contributed by atoms with E-state index >= 15 is 0 Å². The fourth-order valence-corrected chi connectivity index (χ4v) is 4.48. The Bertz CT molecular complexity index is 753. The minimum absolute atomic E-state index is 0.0435. The summed E-state index contributed by atoms with van der Waals surface area (Å²) in [5.41, 5.74) is 2.15. The second-order valence-corrected chi connectivity index (χ2v) is 13.8. The van der Waals surface area contributed by atoms with Gasteiger partial charge in [0.25, 0.3) is 0 Å². The molecule has 7 heteroatoms. The Kier molecular flexibility index (Phi) is 6.75. The maximum absolute atomic E-state index is 9.76. The lowest BCUT2D eigenvalue weighted by molar-refractivity contribution is 0.161. The van der Waals surface area contributed by atoms with E-state index in [0.29, 0.717) is 17.1 Å². The minimum atomic E-state index is -1.86. The van der Waals surface area contributed by atoms with Crippen molar-refractivity contribution in [1.82, 2.24) is 5.01 Å². The van der Waals surface area contributed by atoms with Crippen molar-refractivity contribution >= 4 is 26.1 Å². The topological polar surface area (TPSA) is 68.8 Å². The van der Waals surface area contributed by atoms with Gasteiger partial charge in [-0.3, -0.25) is 5.01 Å². The Morgan fingerprint density at radius 1 is 1.44 bits per heavy atom. The van der Waals surface area contributed by atoms with E-state index in [4.69, 9.17) is 21.3 Å². The minimum Gasteiger partial charge on any atom is -0.412 e. The average Bonchev–Trinajstić information content (AvgIpc) is 2.96. The lowest BCUT2D eigenvalue weighted by Gasteiger charge is -2.38. The number of hydrogen-bond acceptors (Lipinski definition) is 5. The monoisotopic (exact) mass is 407 g/mol. The van der Waals surface area contributed by atoms with Crippen LogP contribution in [-0.2, 0) is 4.43 Å². The SMILES string of the molecule is Cc1c(C=NN2C[C@H](O[Si](C)(C)C(C)(C)C)C[C@H]2CO)ccc(C#N)c1Cl. The predicted molar refractivity (Wildman–Crippen MR) is 113 cm³/mol. The van der Waals surface area contributed by atoms with E-state index in [1.54, 1.807) is 12.3 Å². The largest absolute Gasteiger partial charge is 0.412 e. The molecule has 5 nitrogen and oxygen atoms in total. The number of hydrazone groups is 1. The van der Waals surface area contributed by atoms with E-state index in [9.17, 15) is 5.11 Å². The molecule has 2 rings (SSSR count). The number of nitriles is 1. The van der Waals surface area contributed by atoms with Gasteiger partial charge < -0.3 is 9.53 Å². The Labute approximate surface area is 168 Å². The molecule has 0 amide bonds. The van der Waals surface area contributed by atoms with Crippen LogP contribution >= 0.6 is 11.6 Å². The van der Waals surface area contributed by atoms with E-state index in [-0.39, 0.29) is 23.8 Å². The van der Waals surface area contributed by atoms with Gasteiger partial charge in [0.15, 0.2) is 8.32 Å². The van der Waals surface area contributed by atoms with Crippen LogP contribution in [0.2, 0.25) is 23.2 Å². The van der Waals surface area contributed by atoms with Crippen LogP contribution in [0.25, 0.3) is 0 Å². The fourth-order valence-electron chi connectivity index (χ4n) is 2.91. The molecule has 1 saturated heterocycles. The van der Waals surface area contributed by atoms with E-state index in [2.05, 4.69) is 45.0 Å². The van der Waals surface area contributed by atoms with Gasteiger partial charge >= 0.3 is 0 Å². The van der Waals surface area contributed by atoms with Crippen LogP contribution in [0.3, 0.4) is 0 Å². The van der Waals surface area contributed by atoms with Gasteiger partial charge in [-0.05, 0) is 48.7 Å².